The summed E-state index contributed by atoms with van der Waals surface area (Å²) >= 11 is 0. The Morgan fingerprint density at radius 1 is 1.10 bits per heavy atom. The molecule has 1 spiro atoms. The van der Waals surface area contributed by atoms with E-state index in [1.54, 1.807) is 24.1 Å². The molecule has 0 aliphatic carbocycles. The summed E-state index contributed by atoms with van der Waals surface area (Å²) in [6, 6.07) is 18.2. The smallest absolute Gasteiger partial charge is 0.247 e. The summed E-state index contributed by atoms with van der Waals surface area (Å²) in [6.45, 7) is 1.40. The minimum atomic E-state index is -1.25. The van der Waals surface area contributed by atoms with Crippen LogP contribution in [0.25, 0.3) is 0 Å². The van der Waals surface area contributed by atoms with Gasteiger partial charge in [0.1, 0.15) is 5.54 Å². The second kappa shape index (κ2) is 9.16. The number of nitrogens with zero attached hydrogens (tertiary/aromatic N) is 2. The minimum Gasteiger partial charge on any atom is -0.339 e. The number of Topliss-reactive ketones (excluding diaryl/α,β-unsaturated/α-hetero) is 1. The zero-order valence-corrected chi connectivity index (χ0v) is 17.8. The lowest BCUT2D eigenvalue weighted by atomic mass is 9.85. The van der Waals surface area contributed by atoms with Gasteiger partial charge >= 0.3 is 0 Å². The van der Waals surface area contributed by atoms with Crippen LogP contribution in [0.1, 0.15) is 29.6 Å². The first-order valence-electron chi connectivity index (χ1n) is 10.8. The number of carbonyl (C=O) groups excluding carboxylic acids is 2. The number of hydrogen-bond acceptors (Lipinski definition) is 5. The highest BCUT2D eigenvalue weighted by atomic mass is 19.1. The Kier molecular flexibility index (Phi) is 6.34. The predicted molar refractivity (Wildman–Crippen MR) is 119 cm³/mol. The molecule has 2 aromatic rings. The van der Waals surface area contributed by atoms with Crippen molar-refractivity contribution >= 4 is 17.4 Å². The van der Waals surface area contributed by atoms with Gasteiger partial charge in [0, 0.05) is 30.8 Å². The summed E-state index contributed by atoms with van der Waals surface area (Å²) in [7, 11) is 1.68. The molecule has 2 saturated heterocycles. The molecule has 0 saturated carbocycles. The highest BCUT2D eigenvalue weighted by Gasteiger charge is 2.51. The van der Waals surface area contributed by atoms with E-state index in [-0.39, 0.29) is 18.1 Å². The standard InChI is InChI=1S/C24H29FN4O2/c1-26-20(22(30)18-8-4-2-5-9-18)16-21(25)28-14-12-24(13-15-28)23(31)27-17-29(24)19-10-6-3-7-11-19/h2-11,20-21,26H,12-17H2,1H3,(H,27,31). The number of likely N-dealkylation sites (tertiary alicyclic amines) is 1. The average molecular weight is 425 g/mol. The van der Waals surface area contributed by atoms with Crippen molar-refractivity contribution in [2.45, 2.75) is 37.1 Å². The number of amides is 1. The Bertz CT molecular complexity index is 900. The third kappa shape index (κ3) is 4.20. The summed E-state index contributed by atoms with van der Waals surface area (Å²) in [5.74, 6) is -0.0941. The molecule has 2 atom stereocenters. The zero-order chi connectivity index (χ0) is 21.8. The molecule has 4 rings (SSSR count). The molecule has 2 N–H and O–H groups in total. The fourth-order valence-electron chi connectivity index (χ4n) is 4.71. The van der Waals surface area contributed by atoms with Crippen molar-refractivity contribution in [1.29, 1.82) is 0 Å². The third-order valence-electron chi connectivity index (χ3n) is 6.58. The van der Waals surface area contributed by atoms with Crippen LogP contribution in [-0.2, 0) is 4.79 Å². The summed E-state index contributed by atoms with van der Waals surface area (Å²) in [5, 5.41) is 5.93. The fourth-order valence-corrected chi connectivity index (χ4v) is 4.71. The van der Waals surface area contributed by atoms with E-state index in [4.69, 9.17) is 0 Å². The molecule has 2 aliphatic heterocycles. The summed E-state index contributed by atoms with van der Waals surface area (Å²) in [6.07, 6.45) is -0.0842. The molecule has 0 aromatic heterocycles. The highest BCUT2D eigenvalue weighted by Crippen LogP contribution is 2.37. The van der Waals surface area contributed by atoms with Crippen molar-refractivity contribution in [2.24, 2.45) is 0 Å². The molecule has 164 valence electrons. The maximum Gasteiger partial charge on any atom is 0.247 e. The quantitative estimate of drug-likeness (QED) is 0.528. The minimum absolute atomic E-state index is 0.0127. The van der Waals surface area contributed by atoms with Gasteiger partial charge in [-0.3, -0.25) is 14.5 Å². The number of anilines is 1. The lowest BCUT2D eigenvalue weighted by Gasteiger charge is -2.44. The van der Waals surface area contributed by atoms with E-state index in [1.165, 1.54) is 0 Å². The first-order chi connectivity index (χ1) is 15.0. The number of ketones is 1. The number of alkyl halides is 1. The highest BCUT2D eigenvalue weighted by molar-refractivity contribution is 6.00. The van der Waals surface area contributed by atoms with Crippen LogP contribution < -0.4 is 15.5 Å². The van der Waals surface area contributed by atoms with Crippen LogP contribution in [0.3, 0.4) is 0 Å². The van der Waals surface area contributed by atoms with Crippen molar-refractivity contribution in [1.82, 2.24) is 15.5 Å². The molecule has 1 amide bonds. The Hall–Kier alpha value is -2.77. The van der Waals surface area contributed by atoms with Crippen molar-refractivity contribution in [3.05, 3.63) is 66.2 Å². The number of nitrogens with one attached hydrogen (secondary N) is 2. The van der Waals surface area contributed by atoms with Crippen molar-refractivity contribution in [3.8, 4) is 0 Å². The van der Waals surface area contributed by atoms with Gasteiger partial charge in [-0.25, -0.2) is 4.39 Å². The number of para-hydroxylation sites is 1. The molecule has 0 bridgehead atoms. The van der Waals surface area contributed by atoms with Gasteiger partial charge in [0.25, 0.3) is 0 Å². The number of rotatable bonds is 7. The number of carbonyl (C=O) groups is 2. The van der Waals surface area contributed by atoms with E-state index in [1.807, 2.05) is 48.5 Å². The molecule has 6 nitrogen and oxygen atoms in total. The molecular weight excluding hydrogens is 395 g/mol. The van der Waals surface area contributed by atoms with E-state index >= 15 is 4.39 Å². The van der Waals surface area contributed by atoms with Crippen LogP contribution in [0.2, 0.25) is 0 Å². The Morgan fingerprint density at radius 3 is 2.32 bits per heavy atom. The topological polar surface area (TPSA) is 64.7 Å². The van der Waals surface area contributed by atoms with E-state index in [2.05, 4.69) is 15.5 Å². The lowest BCUT2D eigenvalue weighted by molar-refractivity contribution is -0.125. The number of halogens is 1. The Labute approximate surface area is 182 Å². The lowest BCUT2D eigenvalue weighted by Crippen LogP contribution is -2.58. The predicted octanol–water partition coefficient (Wildman–Crippen LogP) is 2.57. The molecule has 2 aliphatic rings. The maximum atomic E-state index is 15.2. The van der Waals surface area contributed by atoms with Gasteiger partial charge in [-0.15, -0.1) is 0 Å². The van der Waals surface area contributed by atoms with E-state index in [9.17, 15) is 9.59 Å². The molecule has 0 radical (unpaired) electrons. The molecule has 2 heterocycles. The monoisotopic (exact) mass is 424 g/mol. The second-order valence-corrected chi connectivity index (χ2v) is 8.24. The molecule has 7 heteroatoms. The third-order valence-corrected chi connectivity index (χ3v) is 6.58. The average Bonchev–Trinajstić information content (AvgIpc) is 3.13. The van der Waals surface area contributed by atoms with E-state index in [0.717, 1.165) is 5.69 Å². The van der Waals surface area contributed by atoms with Crippen molar-refractivity contribution < 1.29 is 14.0 Å². The van der Waals surface area contributed by atoms with Gasteiger partial charge in [-0.2, -0.15) is 0 Å². The fraction of sp³-hybridized carbons (Fsp3) is 0.417. The second-order valence-electron chi connectivity index (χ2n) is 8.24. The normalized spacial score (nSPS) is 20.5. The summed E-state index contributed by atoms with van der Waals surface area (Å²) in [5.41, 5.74) is 0.933. The van der Waals surface area contributed by atoms with Gasteiger partial charge in [-0.05, 0) is 32.0 Å². The molecule has 2 unspecified atom stereocenters. The van der Waals surface area contributed by atoms with Crippen LogP contribution in [0.5, 0.6) is 0 Å². The number of piperidine rings is 1. The van der Waals surface area contributed by atoms with Crippen LogP contribution in [0.15, 0.2) is 60.7 Å². The van der Waals surface area contributed by atoms with Crippen molar-refractivity contribution in [3.63, 3.8) is 0 Å². The van der Waals surface area contributed by atoms with E-state index < -0.39 is 17.9 Å². The summed E-state index contributed by atoms with van der Waals surface area (Å²) < 4.78 is 15.2. The number of likely N-dealkylation sites (N-methyl/N-ethyl adjacent to an activating group) is 1. The number of hydrogen-bond donors (Lipinski definition) is 2. The van der Waals surface area contributed by atoms with Crippen LogP contribution >= 0.6 is 0 Å². The Balaban J connectivity index is 1.40. The maximum absolute atomic E-state index is 15.2. The molecule has 2 aromatic carbocycles. The SMILES string of the molecule is CNC(CC(F)N1CCC2(CC1)C(=O)NCN2c1ccccc1)C(=O)c1ccccc1. The summed E-state index contributed by atoms with van der Waals surface area (Å²) in [4.78, 5) is 29.4. The van der Waals surface area contributed by atoms with Crippen LogP contribution in [-0.4, -0.2) is 61.3 Å². The largest absolute Gasteiger partial charge is 0.339 e. The first kappa shape index (κ1) is 21.5. The van der Waals surface area contributed by atoms with Gasteiger partial charge in [0.15, 0.2) is 12.1 Å². The molecule has 2 fully saturated rings. The van der Waals surface area contributed by atoms with Gasteiger partial charge in [0.2, 0.25) is 5.91 Å². The molecular formula is C24H29FN4O2. The van der Waals surface area contributed by atoms with Crippen LogP contribution in [0, 0.1) is 0 Å². The molecule has 31 heavy (non-hydrogen) atoms. The van der Waals surface area contributed by atoms with Crippen molar-refractivity contribution in [2.75, 3.05) is 31.7 Å². The van der Waals surface area contributed by atoms with Gasteiger partial charge in [0.05, 0.1) is 12.7 Å². The first-order valence-corrected chi connectivity index (χ1v) is 10.8. The Morgan fingerprint density at radius 2 is 1.71 bits per heavy atom. The number of benzene rings is 2. The van der Waals surface area contributed by atoms with E-state index in [0.29, 0.717) is 38.2 Å². The van der Waals surface area contributed by atoms with Gasteiger partial charge in [-0.1, -0.05) is 48.5 Å². The zero-order valence-electron chi connectivity index (χ0n) is 17.8. The van der Waals surface area contributed by atoms with Crippen LogP contribution in [0.4, 0.5) is 10.1 Å². The van der Waals surface area contributed by atoms with Gasteiger partial charge < -0.3 is 15.5 Å².